The summed E-state index contributed by atoms with van der Waals surface area (Å²) in [6.07, 6.45) is 2.08. The van der Waals surface area contributed by atoms with Gasteiger partial charge in [-0.2, -0.15) is 5.06 Å². The normalized spacial score (nSPS) is 25.8. The molecular formula is C22H25NO3. The van der Waals surface area contributed by atoms with Crippen molar-refractivity contribution >= 4 is 5.57 Å². The van der Waals surface area contributed by atoms with Crippen LogP contribution >= 0.6 is 0 Å². The van der Waals surface area contributed by atoms with E-state index in [4.69, 9.17) is 14.3 Å². The Morgan fingerprint density at radius 3 is 2.35 bits per heavy atom. The molecule has 0 spiro atoms. The second-order valence-electron chi connectivity index (χ2n) is 7.19. The molecule has 0 amide bonds. The molecule has 4 nitrogen and oxygen atoms in total. The molecule has 1 saturated heterocycles. The molecule has 4 heteroatoms. The number of benzene rings is 2. The van der Waals surface area contributed by atoms with Crippen LogP contribution in [0.2, 0.25) is 0 Å². The minimum absolute atomic E-state index is 0.0202. The summed E-state index contributed by atoms with van der Waals surface area (Å²) < 4.78 is 12.1. The number of rotatable bonds is 4. The van der Waals surface area contributed by atoms with Crippen LogP contribution in [0.15, 0.2) is 66.7 Å². The molecule has 2 aliphatic rings. The highest BCUT2D eigenvalue weighted by Crippen LogP contribution is 2.35. The molecule has 0 unspecified atom stereocenters. The largest absolute Gasteiger partial charge is 0.348 e. The lowest BCUT2D eigenvalue weighted by molar-refractivity contribution is -0.208. The van der Waals surface area contributed by atoms with Gasteiger partial charge in [0.05, 0.1) is 19.3 Å². The van der Waals surface area contributed by atoms with Crippen molar-refractivity contribution < 1.29 is 14.3 Å². The van der Waals surface area contributed by atoms with Crippen LogP contribution in [0.3, 0.4) is 0 Å². The summed E-state index contributed by atoms with van der Waals surface area (Å²) in [5.74, 6) is -0.567. The smallest absolute Gasteiger partial charge is 0.163 e. The van der Waals surface area contributed by atoms with E-state index in [2.05, 4.69) is 54.6 Å². The number of hydroxylamine groups is 2. The van der Waals surface area contributed by atoms with Crippen LogP contribution in [0.25, 0.3) is 5.57 Å². The van der Waals surface area contributed by atoms with Gasteiger partial charge in [-0.25, -0.2) is 0 Å². The number of nitrogens with zero attached hydrogens (tertiary/aromatic N) is 1. The third-order valence-corrected chi connectivity index (χ3v) is 4.84. The first-order chi connectivity index (χ1) is 12.6. The van der Waals surface area contributed by atoms with Gasteiger partial charge in [0.1, 0.15) is 6.10 Å². The maximum absolute atomic E-state index is 6.22. The molecule has 2 aromatic carbocycles. The fraction of sp³-hybridized carbons (Fsp3) is 0.364. The highest BCUT2D eigenvalue weighted by molar-refractivity contribution is 5.70. The van der Waals surface area contributed by atoms with E-state index in [1.165, 1.54) is 16.7 Å². The van der Waals surface area contributed by atoms with Gasteiger partial charge in [-0.05, 0) is 30.5 Å². The lowest BCUT2D eigenvalue weighted by Crippen LogP contribution is -2.47. The quantitative estimate of drug-likeness (QED) is 0.832. The average Bonchev–Trinajstić information content (AvgIpc) is 3.02. The Morgan fingerprint density at radius 1 is 1.00 bits per heavy atom. The van der Waals surface area contributed by atoms with Crippen molar-refractivity contribution in [3.05, 3.63) is 77.9 Å². The second kappa shape index (κ2) is 7.33. The third-order valence-electron chi connectivity index (χ3n) is 4.84. The van der Waals surface area contributed by atoms with Crippen LogP contribution in [-0.4, -0.2) is 36.2 Å². The molecule has 0 aromatic heterocycles. The lowest BCUT2D eigenvalue weighted by atomic mass is 9.93. The molecule has 4 rings (SSSR count). The van der Waals surface area contributed by atoms with E-state index in [-0.39, 0.29) is 12.1 Å². The minimum atomic E-state index is -0.567. The van der Waals surface area contributed by atoms with Crippen molar-refractivity contribution in [1.29, 1.82) is 0 Å². The zero-order valence-corrected chi connectivity index (χ0v) is 15.3. The van der Waals surface area contributed by atoms with Gasteiger partial charge in [0.25, 0.3) is 0 Å². The molecule has 2 heterocycles. The molecule has 136 valence electrons. The van der Waals surface area contributed by atoms with Gasteiger partial charge in [-0.1, -0.05) is 66.7 Å². The summed E-state index contributed by atoms with van der Waals surface area (Å²) in [6, 6.07) is 20.8. The Labute approximate surface area is 154 Å². The number of hydrogen-bond acceptors (Lipinski definition) is 4. The van der Waals surface area contributed by atoms with Gasteiger partial charge >= 0.3 is 0 Å². The highest BCUT2D eigenvalue weighted by Gasteiger charge is 2.43. The molecule has 1 fully saturated rings. The predicted octanol–water partition coefficient (Wildman–Crippen LogP) is 4.04. The maximum atomic E-state index is 6.22. The van der Waals surface area contributed by atoms with Gasteiger partial charge in [-0.3, -0.25) is 4.84 Å². The van der Waals surface area contributed by atoms with E-state index in [1.807, 2.05) is 31.0 Å². The molecule has 26 heavy (non-hydrogen) atoms. The summed E-state index contributed by atoms with van der Waals surface area (Å²) in [4.78, 5) is 6.05. The molecular weight excluding hydrogens is 326 g/mol. The Bertz CT molecular complexity index is 757. The first-order valence-electron chi connectivity index (χ1n) is 9.13. The van der Waals surface area contributed by atoms with Crippen LogP contribution in [0.4, 0.5) is 0 Å². The van der Waals surface area contributed by atoms with Crippen molar-refractivity contribution in [2.75, 3.05) is 13.2 Å². The fourth-order valence-electron chi connectivity index (χ4n) is 3.66. The zero-order valence-electron chi connectivity index (χ0n) is 15.3. The van der Waals surface area contributed by atoms with Crippen molar-refractivity contribution in [2.24, 2.45) is 0 Å². The summed E-state index contributed by atoms with van der Waals surface area (Å²) in [5, 5.41) is 2.05. The minimum Gasteiger partial charge on any atom is -0.348 e. The third kappa shape index (κ3) is 3.74. The van der Waals surface area contributed by atoms with Gasteiger partial charge < -0.3 is 9.47 Å². The lowest BCUT2D eigenvalue weighted by Gasteiger charge is -2.38. The van der Waals surface area contributed by atoms with E-state index in [1.54, 1.807) is 0 Å². The molecule has 2 atom stereocenters. The van der Waals surface area contributed by atoms with Crippen molar-refractivity contribution in [3.63, 3.8) is 0 Å². The molecule has 0 radical (unpaired) electrons. The molecule has 0 N–H and O–H groups in total. The van der Waals surface area contributed by atoms with E-state index < -0.39 is 5.79 Å². The molecule has 0 aliphatic carbocycles. The van der Waals surface area contributed by atoms with E-state index in [9.17, 15) is 0 Å². The van der Waals surface area contributed by atoms with Crippen molar-refractivity contribution in [3.8, 4) is 0 Å². The zero-order chi connectivity index (χ0) is 18.0. The van der Waals surface area contributed by atoms with Crippen LogP contribution in [-0.2, 0) is 20.9 Å². The molecule has 2 aliphatic heterocycles. The highest BCUT2D eigenvalue weighted by atomic mass is 16.7. The second-order valence-corrected chi connectivity index (χ2v) is 7.19. The maximum Gasteiger partial charge on any atom is 0.163 e. The van der Waals surface area contributed by atoms with Crippen LogP contribution in [0.5, 0.6) is 0 Å². The monoisotopic (exact) mass is 351 g/mol. The molecule has 2 aromatic rings. The van der Waals surface area contributed by atoms with Gasteiger partial charge in [-0.15, -0.1) is 0 Å². The van der Waals surface area contributed by atoms with Crippen molar-refractivity contribution in [1.82, 2.24) is 5.06 Å². The Balaban J connectivity index is 1.66. The van der Waals surface area contributed by atoms with Gasteiger partial charge in [0.15, 0.2) is 5.79 Å². The number of ether oxygens (including phenoxy) is 2. The van der Waals surface area contributed by atoms with Crippen LogP contribution in [0, 0.1) is 0 Å². The molecule has 0 bridgehead atoms. The summed E-state index contributed by atoms with van der Waals surface area (Å²) in [5.41, 5.74) is 3.65. The first-order valence-corrected chi connectivity index (χ1v) is 9.13. The van der Waals surface area contributed by atoms with E-state index in [0.29, 0.717) is 19.8 Å². The predicted molar refractivity (Wildman–Crippen MR) is 101 cm³/mol. The average molecular weight is 351 g/mol. The SMILES string of the molecule is CC1(C)OC[C@H]([C@@H]2C(c3ccccc3)=CCON2Cc2ccccc2)O1. The summed E-state index contributed by atoms with van der Waals surface area (Å²) in [7, 11) is 0. The fourth-order valence-corrected chi connectivity index (χ4v) is 3.66. The topological polar surface area (TPSA) is 30.9 Å². The Kier molecular flexibility index (Phi) is 4.92. The van der Waals surface area contributed by atoms with Gasteiger partial charge in [0.2, 0.25) is 0 Å². The van der Waals surface area contributed by atoms with Crippen molar-refractivity contribution in [2.45, 2.75) is 38.3 Å². The molecule has 0 saturated carbocycles. The van der Waals surface area contributed by atoms with E-state index in [0.717, 1.165) is 0 Å². The van der Waals surface area contributed by atoms with Crippen LogP contribution in [0.1, 0.15) is 25.0 Å². The first kappa shape index (κ1) is 17.4. The van der Waals surface area contributed by atoms with Crippen LogP contribution < -0.4 is 0 Å². The van der Waals surface area contributed by atoms with Gasteiger partial charge in [0, 0.05) is 6.54 Å². The van der Waals surface area contributed by atoms with E-state index >= 15 is 0 Å². The standard InChI is InChI=1S/C22H25NO3/c1-22(2)24-16-20(26-22)21-19(18-11-7-4-8-12-18)13-14-25-23(21)15-17-9-5-3-6-10-17/h3-13,20-21H,14-16H2,1-2H3/t20-,21+/m1/s1. The Hall–Kier alpha value is -1.98. The Morgan fingerprint density at radius 2 is 1.69 bits per heavy atom. The number of hydrogen-bond donors (Lipinski definition) is 0. The summed E-state index contributed by atoms with van der Waals surface area (Å²) >= 11 is 0. The summed E-state index contributed by atoms with van der Waals surface area (Å²) in [6.45, 7) is 5.74.